The Hall–Kier alpha value is -3.34. The van der Waals surface area contributed by atoms with E-state index in [2.05, 4.69) is 26.1 Å². The van der Waals surface area contributed by atoms with Gasteiger partial charge in [0, 0.05) is 32.5 Å². The van der Waals surface area contributed by atoms with Crippen LogP contribution in [-0.4, -0.2) is 29.4 Å². The summed E-state index contributed by atoms with van der Waals surface area (Å²) in [6.07, 6.45) is 3.49. The average Bonchev–Trinajstić information content (AvgIpc) is 3.05. The fraction of sp³-hybridized carbons (Fsp3) is 0.400. The number of unbranched alkanes of at least 4 members (excludes halogenated alkanes) is 3. The number of anilines is 3. The van der Waals surface area contributed by atoms with E-state index >= 15 is 0 Å². The van der Waals surface area contributed by atoms with Gasteiger partial charge in [-0.1, -0.05) is 12.8 Å². The van der Waals surface area contributed by atoms with Gasteiger partial charge in [-0.25, -0.2) is 9.78 Å². The zero-order valence-electron chi connectivity index (χ0n) is 17.4. The van der Waals surface area contributed by atoms with Gasteiger partial charge >= 0.3 is 17.0 Å². The number of carbonyl (C=O) groups excluding carboxylic acids is 2. The number of aromatic amines is 1. The van der Waals surface area contributed by atoms with Gasteiger partial charge in [0.1, 0.15) is 5.69 Å². The molecule has 1 aromatic carbocycles. The molecule has 10 nitrogen and oxygen atoms in total. The predicted molar refractivity (Wildman–Crippen MR) is 119 cm³/mol. The van der Waals surface area contributed by atoms with E-state index in [9.17, 15) is 19.3 Å². The number of benzene rings is 1. The number of nitrogens with one attached hydrogen (secondary N) is 4. The van der Waals surface area contributed by atoms with Crippen molar-refractivity contribution in [2.45, 2.75) is 46.0 Å². The van der Waals surface area contributed by atoms with Gasteiger partial charge in [0.05, 0.1) is 11.3 Å². The first-order valence-corrected chi connectivity index (χ1v) is 10.7. The van der Waals surface area contributed by atoms with Gasteiger partial charge in [-0.3, -0.25) is 9.59 Å². The first-order valence-electron chi connectivity index (χ1n) is 9.85. The van der Waals surface area contributed by atoms with E-state index in [1.807, 2.05) is 0 Å². The lowest BCUT2D eigenvalue weighted by atomic mass is 10.1. The second-order valence-electron chi connectivity index (χ2n) is 6.96. The molecule has 2 rings (SSSR count). The molecule has 0 fully saturated rings. The minimum absolute atomic E-state index is 0.187. The molecule has 0 aliphatic heterocycles. The summed E-state index contributed by atoms with van der Waals surface area (Å²) in [5, 5.41) is 20.7. The zero-order valence-corrected chi connectivity index (χ0v) is 18.2. The highest BCUT2D eigenvalue weighted by Crippen LogP contribution is 2.28. The van der Waals surface area contributed by atoms with E-state index in [-0.39, 0.29) is 22.9 Å². The lowest BCUT2D eigenvalue weighted by Gasteiger charge is -2.12. The maximum atomic E-state index is 12.7. The van der Waals surface area contributed by atoms with Crippen molar-refractivity contribution in [3.63, 3.8) is 0 Å². The van der Waals surface area contributed by atoms with Crippen LogP contribution in [0, 0.1) is 11.8 Å². The molecule has 0 spiro atoms. The van der Waals surface area contributed by atoms with Crippen LogP contribution < -0.4 is 20.9 Å². The molecule has 0 saturated heterocycles. The van der Waals surface area contributed by atoms with E-state index < -0.39 is 11.9 Å². The fourth-order valence-corrected chi connectivity index (χ4v) is 3.65. The molecule has 5 N–H and O–H groups in total. The quantitative estimate of drug-likeness (QED) is 0.285. The summed E-state index contributed by atoms with van der Waals surface area (Å²) < 4.78 is 0. The van der Waals surface area contributed by atoms with Gasteiger partial charge in [0.15, 0.2) is 0 Å². The Morgan fingerprint density at radius 1 is 1.13 bits per heavy atom. The number of nitroso groups, excluding NO2 is 1. The molecule has 1 aromatic heterocycles. The molecule has 0 saturated carbocycles. The smallest absolute Gasteiger partial charge is 0.341 e. The molecule has 31 heavy (non-hydrogen) atoms. The molecule has 11 heteroatoms. The van der Waals surface area contributed by atoms with Gasteiger partial charge in [-0.15, -0.1) is 4.91 Å². The van der Waals surface area contributed by atoms with Crippen LogP contribution in [0.25, 0.3) is 0 Å². The third-order valence-corrected chi connectivity index (χ3v) is 5.33. The van der Waals surface area contributed by atoms with Crippen molar-refractivity contribution in [2.75, 3.05) is 22.5 Å². The van der Waals surface area contributed by atoms with E-state index in [0.29, 0.717) is 29.5 Å². The fourth-order valence-electron chi connectivity index (χ4n) is 2.87. The standard InChI is InChI=1S/C20H25N5O5S/c1-12-19(25-30)31-20(22-12)24-18(29)15-9-8-14(11-16(15)23-13(2)26)21-10-6-4-3-5-7-17(27)28/h8-9,11,21H,3-7,10H2,1-2H3,(H,23,26)(H,27,28)(H,22,24,29)/p+1. The largest absolute Gasteiger partial charge is 0.481 e. The molecule has 0 radical (unpaired) electrons. The summed E-state index contributed by atoms with van der Waals surface area (Å²) in [5.74, 6) is -1.53. The molecule has 0 bridgehead atoms. The molecule has 1 heterocycles. The van der Waals surface area contributed by atoms with Crippen molar-refractivity contribution in [1.82, 2.24) is 0 Å². The van der Waals surface area contributed by atoms with Crippen LogP contribution in [0.5, 0.6) is 0 Å². The summed E-state index contributed by atoms with van der Waals surface area (Å²) in [6, 6.07) is 5.03. The van der Waals surface area contributed by atoms with Gasteiger partial charge in [-0.05, 0) is 47.6 Å². The van der Waals surface area contributed by atoms with Crippen LogP contribution in [0.1, 0.15) is 55.1 Å². The number of aliphatic carboxylic acids is 1. The molecule has 166 valence electrons. The Kier molecular flexibility index (Phi) is 9.07. The Bertz CT molecular complexity index is 959. The summed E-state index contributed by atoms with van der Waals surface area (Å²) in [7, 11) is 0. The lowest BCUT2D eigenvalue weighted by Crippen LogP contribution is -2.20. The van der Waals surface area contributed by atoms with E-state index in [1.54, 1.807) is 25.1 Å². The van der Waals surface area contributed by atoms with Crippen molar-refractivity contribution >= 4 is 50.6 Å². The molecule has 0 aliphatic rings. The third-order valence-electron chi connectivity index (χ3n) is 4.35. The average molecular weight is 449 g/mol. The number of hydrogen-bond donors (Lipinski definition) is 4. The molecule has 0 aliphatic carbocycles. The van der Waals surface area contributed by atoms with Crippen molar-refractivity contribution in [2.24, 2.45) is 5.18 Å². The topological polar surface area (TPSA) is 151 Å². The number of amides is 2. The number of aryl methyl sites for hydroxylation is 1. The van der Waals surface area contributed by atoms with Crippen LogP contribution in [0.2, 0.25) is 0 Å². The number of thiazole rings is 1. The van der Waals surface area contributed by atoms with E-state index in [1.165, 1.54) is 6.92 Å². The normalized spacial score (nSPS) is 10.4. The minimum Gasteiger partial charge on any atom is -0.481 e. The van der Waals surface area contributed by atoms with Gasteiger partial charge in [0.2, 0.25) is 10.9 Å². The summed E-state index contributed by atoms with van der Waals surface area (Å²) in [5.41, 5.74) is 1.93. The second kappa shape index (κ2) is 11.7. The summed E-state index contributed by atoms with van der Waals surface area (Å²) in [6.45, 7) is 3.72. The SMILES string of the molecule is CC(=O)Nc1cc(NCCCCCCC(=O)O)ccc1C(=O)Nc1[nH+]c(C)c(N=O)s1. The van der Waals surface area contributed by atoms with Crippen molar-refractivity contribution in [3.05, 3.63) is 34.4 Å². The molecule has 2 aromatic rings. The van der Waals surface area contributed by atoms with E-state index in [4.69, 9.17) is 5.11 Å². The van der Waals surface area contributed by atoms with Crippen molar-refractivity contribution in [1.29, 1.82) is 0 Å². The summed E-state index contributed by atoms with van der Waals surface area (Å²) >= 11 is 1.03. The van der Waals surface area contributed by atoms with Crippen molar-refractivity contribution < 1.29 is 24.5 Å². The Morgan fingerprint density at radius 3 is 2.52 bits per heavy atom. The first-order chi connectivity index (χ1) is 14.8. The number of nitrogens with zero attached hydrogens (tertiary/aromatic N) is 1. The highest BCUT2D eigenvalue weighted by atomic mass is 32.1. The van der Waals surface area contributed by atoms with E-state index in [0.717, 1.165) is 36.3 Å². The number of rotatable bonds is 12. The Morgan fingerprint density at radius 2 is 1.87 bits per heavy atom. The Balaban J connectivity index is 1.99. The number of carboxylic acid groups (broad SMARTS) is 1. The molecule has 0 unspecified atom stereocenters. The Labute approximate surface area is 183 Å². The number of hydrogen-bond acceptors (Lipinski definition) is 7. The highest BCUT2D eigenvalue weighted by molar-refractivity contribution is 7.19. The van der Waals surface area contributed by atoms with Crippen LogP contribution >= 0.6 is 11.3 Å². The predicted octanol–water partition coefficient (Wildman–Crippen LogP) is 3.93. The van der Waals surface area contributed by atoms with Gasteiger partial charge < -0.3 is 15.7 Å². The van der Waals surface area contributed by atoms with Crippen molar-refractivity contribution in [3.8, 4) is 0 Å². The molecular weight excluding hydrogens is 422 g/mol. The maximum absolute atomic E-state index is 12.7. The van der Waals surface area contributed by atoms with Crippen LogP contribution in [0.4, 0.5) is 21.5 Å². The lowest BCUT2D eigenvalue weighted by molar-refractivity contribution is -0.363. The molecule has 0 atom stereocenters. The van der Waals surface area contributed by atoms with Gasteiger partial charge in [-0.2, -0.15) is 5.32 Å². The number of carboxylic acids is 1. The number of aromatic nitrogens is 1. The summed E-state index contributed by atoms with van der Waals surface area (Å²) in [4.78, 5) is 48.4. The number of carbonyl (C=O) groups is 3. The highest BCUT2D eigenvalue weighted by Gasteiger charge is 2.21. The van der Waals surface area contributed by atoms with Crippen LogP contribution in [0.15, 0.2) is 23.4 Å². The molecular formula is C20H26N5O5S+. The van der Waals surface area contributed by atoms with Crippen LogP contribution in [-0.2, 0) is 9.59 Å². The van der Waals surface area contributed by atoms with Gasteiger partial charge in [0.25, 0.3) is 0 Å². The van der Waals surface area contributed by atoms with Crippen LogP contribution in [0.3, 0.4) is 0 Å². The monoisotopic (exact) mass is 448 g/mol. The number of H-pyrrole nitrogens is 1. The molecule has 2 amide bonds. The maximum Gasteiger partial charge on any atom is 0.341 e. The zero-order chi connectivity index (χ0) is 22.8. The third kappa shape index (κ3) is 7.78. The minimum atomic E-state index is -0.777. The second-order valence-corrected chi connectivity index (χ2v) is 7.96. The first kappa shape index (κ1) is 23.9.